The zero-order valence-corrected chi connectivity index (χ0v) is 13.8. The molecule has 0 amide bonds. The van der Waals surface area contributed by atoms with Crippen LogP contribution in [0.15, 0.2) is 24.3 Å². The Hall–Kier alpha value is -1.77. The van der Waals surface area contributed by atoms with Crippen molar-refractivity contribution in [2.45, 2.75) is 19.1 Å². The molecule has 3 N–H and O–H groups in total. The van der Waals surface area contributed by atoms with Gasteiger partial charge in [-0.2, -0.15) is 18.2 Å². The highest BCUT2D eigenvalue weighted by molar-refractivity contribution is 6.36. The number of nitrogens with one attached hydrogen (secondary N) is 2. The molecular weight excluding hydrogens is 368 g/mol. The zero-order chi connectivity index (χ0) is 17.9. The predicted octanol–water partition coefficient (Wildman–Crippen LogP) is 4.34. The van der Waals surface area contributed by atoms with Crippen LogP contribution in [0.2, 0.25) is 10.0 Å². The Bertz CT molecular complexity index is 728. The summed E-state index contributed by atoms with van der Waals surface area (Å²) in [6.45, 7) is 1.29. The highest BCUT2D eigenvalue weighted by atomic mass is 35.5. The van der Waals surface area contributed by atoms with E-state index in [4.69, 9.17) is 28.3 Å². The Morgan fingerprint density at radius 1 is 1.21 bits per heavy atom. The van der Waals surface area contributed by atoms with Crippen molar-refractivity contribution >= 4 is 40.7 Å². The smallest absolute Gasteiger partial charge is 0.394 e. The van der Waals surface area contributed by atoms with Gasteiger partial charge in [0.25, 0.3) is 0 Å². The van der Waals surface area contributed by atoms with Gasteiger partial charge in [0.15, 0.2) is 5.69 Å². The second-order valence-electron chi connectivity index (χ2n) is 4.94. The monoisotopic (exact) mass is 380 g/mol. The summed E-state index contributed by atoms with van der Waals surface area (Å²) in [7, 11) is 0. The van der Waals surface area contributed by atoms with Gasteiger partial charge >= 0.3 is 6.18 Å². The molecule has 0 saturated carbocycles. The number of nitrogens with zero attached hydrogens (tertiary/aromatic N) is 2. The lowest BCUT2D eigenvalue weighted by atomic mass is 10.3. The van der Waals surface area contributed by atoms with Crippen LogP contribution in [0.1, 0.15) is 12.6 Å². The van der Waals surface area contributed by atoms with E-state index in [0.29, 0.717) is 10.7 Å². The van der Waals surface area contributed by atoms with Crippen LogP contribution >= 0.6 is 23.2 Å². The lowest BCUT2D eigenvalue weighted by Crippen LogP contribution is -2.22. The normalized spacial score (nSPS) is 12.8. The molecule has 1 aromatic carbocycles. The number of aromatic nitrogens is 2. The van der Waals surface area contributed by atoms with Gasteiger partial charge in [0, 0.05) is 17.1 Å². The Kier molecular flexibility index (Phi) is 5.74. The number of hydrogen-bond acceptors (Lipinski definition) is 5. The van der Waals surface area contributed by atoms with Gasteiger partial charge in [0.1, 0.15) is 5.82 Å². The number of rotatable bonds is 5. The first kappa shape index (κ1) is 18.6. The van der Waals surface area contributed by atoms with Gasteiger partial charge in [-0.15, -0.1) is 0 Å². The van der Waals surface area contributed by atoms with Crippen molar-refractivity contribution < 1.29 is 18.3 Å². The maximum atomic E-state index is 13.0. The fourth-order valence-electron chi connectivity index (χ4n) is 1.72. The van der Waals surface area contributed by atoms with Crippen molar-refractivity contribution in [2.75, 3.05) is 17.2 Å². The molecule has 0 aliphatic carbocycles. The third kappa shape index (κ3) is 4.86. The van der Waals surface area contributed by atoms with Gasteiger partial charge in [0.2, 0.25) is 5.95 Å². The minimum atomic E-state index is -4.65. The molecule has 0 unspecified atom stereocenters. The number of anilines is 3. The third-order valence-electron chi connectivity index (χ3n) is 2.86. The molecule has 0 aliphatic heterocycles. The summed E-state index contributed by atoms with van der Waals surface area (Å²) in [5, 5.41) is 14.9. The Balaban J connectivity index is 2.38. The molecule has 24 heavy (non-hydrogen) atoms. The van der Waals surface area contributed by atoms with Crippen molar-refractivity contribution in [3.8, 4) is 0 Å². The summed E-state index contributed by atoms with van der Waals surface area (Å²) in [6, 6.07) is 4.75. The molecule has 1 heterocycles. The first-order valence-corrected chi connectivity index (χ1v) is 7.50. The van der Waals surface area contributed by atoms with Gasteiger partial charge < -0.3 is 15.7 Å². The van der Waals surface area contributed by atoms with Crippen LogP contribution in [0.5, 0.6) is 0 Å². The molecular formula is C14H13Cl2F3N4O. The molecule has 0 saturated heterocycles. The summed E-state index contributed by atoms with van der Waals surface area (Å²) < 4.78 is 39.0. The Labute approximate surface area is 145 Å². The molecule has 0 radical (unpaired) electrons. The highest BCUT2D eigenvalue weighted by Crippen LogP contribution is 2.32. The average molecular weight is 381 g/mol. The van der Waals surface area contributed by atoms with Crippen LogP contribution in [0, 0.1) is 0 Å². The van der Waals surface area contributed by atoms with Gasteiger partial charge in [-0.1, -0.05) is 23.2 Å². The molecule has 1 atom stereocenters. The van der Waals surface area contributed by atoms with E-state index in [0.717, 1.165) is 6.07 Å². The number of benzene rings is 1. The maximum Gasteiger partial charge on any atom is 0.433 e. The minimum Gasteiger partial charge on any atom is -0.394 e. The molecule has 10 heteroatoms. The lowest BCUT2D eigenvalue weighted by molar-refractivity contribution is -0.141. The van der Waals surface area contributed by atoms with E-state index in [1.165, 1.54) is 18.2 Å². The highest BCUT2D eigenvalue weighted by Gasteiger charge is 2.34. The largest absolute Gasteiger partial charge is 0.433 e. The van der Waals surface area contributed by atoms with Crippen LogP contribution < -0.4 is 10.6 Å². The standard InChI is InChI=1S/C14H13Cl2F3N4O/c1-7(6-24)20-13-22-11(14(17,18)19)5-12(23-13)21-10-3-2-8(15)4-9(10)16/h2-5,7,24H,6H2,1H3,(H2,20,21,22,23)/t7-/m1/s1. The van der Waals surface area contributed by atoms with Gasteiger partial charge in [0.05, 0.1) is 17.3 Å². The Morgan fingerprint density at radius 2 is 1.92 bits per heavy atom. The fourth-order valence-corrected chi connectivity index (χ4v) is 2.17. The maximum absolute atomic E-state index is 13.0. The molecule has 0 aliphatic rings. The summed E-state index contributed by atoms with van der Waals surface area (Å²) >= 11 is 11.8. The van der Waals surface area contributed by atoms with Crippen LogP contribution in [0.3, 0.4) is 0 Å². The van der Waals surface area contributed by atoms with E-state index in [2.05, 4.69) is 20.6 Å². The molecule has 0 spiro atoms. The van der Waals surface area contributed by atoms with Crippen molar-refractivity contribution in [3.63, 3.8) is 0 Å². The molecule has 1 aromatic heterocycles. The number of aliphatic hydroxyl groups is 1. The SMILES string of the molecule is C[C@H](CO)Nc1nc(Nc2ccc(Cl)cc2Cl)cc(C(F)(F)F)n1. The number of hydrogen-bond donors (Lipinski definition) is 3. The van der Waals surface area contributed by atoms with Crippen LogP contribution in [-0.4, -0.2) is 27.7 Å². The van der Waals surface area contributed by atoms with Crippen molar-refractivity contribution in [3.05, 3.63) is 40.0 Å². The van der Waals surface area contributed by atoms with E-state index in [-0.39, 0.29) is 23.4 Å². The molecule has 130 valence electrons. The summed E-state index contributed by atoms with van der Waals surface area (Å²) in [5.74, 6) is -0.367. The van der Waals surface area contributed by atoms with Crippen molar-refractivity contribution in [2.24, 2.45) is 0 Å². The van der Waals surface area contributed by atoms with Gasteiger partial charge in [-0.3, -0.25) is 0 Å². The predicted molar refractivity (Wildman–Crippen MR) is 86.9 cm³/mol. The summed E-state index contributed by atoms with van der Waals surface area (Å²) in [5.41, 5.74) is -0.785. The second kappa shape index (κ2) is 7.42. The molecule has 2 rings (SSSR count). The number of halogens is 5. The fraction of sp³-hybridized carbons (Fsp3) is 0.286. The summed E-state index contributed by atoms with van der Waals surface area (Å²) in [4.78, 5) is 7.38. The van der Waals surface area contributed by atoms with Crippen LogP contribution in [0.4, 0.5) is 30.6 Å². The van der Waals surface area contributed by atoms with E-state index in [9.17, 15) is 13.2 Å². The average Bonchev–Trinajstić information content (AvgIpc) is 2.49. The second-order valence-corrected chi connectivity index (χ2v) is 5.78. The van der Waals surface area contributed by atoms with E-state index in [1.54, 1.807) is 6.92 Å². The van der Waals surface area contributed by atoms with Gasteiger partial charge in [-0.05, 0) is 25.1 Å². The summed E-state index contributed by atoms with van der Waals surface area (Å²) in [6.07, 6.45) is -4.65. The third-order valence-corrected chi connectivity index (χ3v) is 3.41. The number of aliphatic hydroxyl groups excluding tert-OH is 1. The van der Waals surface area contributed by atoms with Gasteiger partial charge in [-0.25, -0.2) is 4.98 Å². The van der Waals surface area contributed by atoms with Crippen molar-refractivity contribution in [1.82, 2.24) is 9.97 Å². The van der Waals surface area contributed by atoms with Crippen LogP contribution in [-0.2, 0) is 6.18 Å². The van der Waals surface area contributed by atoms with E-state index >= 15 is 0 Å². The van der Waals surface area contributed by atoms with Crippen LogP contribution in [0.25, 0.3) is 0 Å². The minimum absolute atomic E-state index is 0.103. The topological polar surface area (TPSA) is 70.1 Å². The van der Waals surface area contributed by atoms with Crippen molar-refractivity contribution in [1.29, 1.82) is 0 Å². The quantitative estimate of drug-likeness (QED) is 0.719. The number of alkyl halides is 3. The molecule has 2 aromatic rings. The van der Waals surface area contributed by atoms with E-state index < -0.39 is 17.9 Å². The first-order valence-electron chi connectivity index (χ1n) is 6.75. The molecule has 5 nitrogen and oxygen atoms in total. The Morgan fingerprint density at radius 3 is 2.50 bits per heavy atom. The van der Waals surface area contributed by atoms with E-state index in [1.807, 2.05) is 0 Å². The first-order chi connectivity index (χ1) is 11.2. The molecule has 0 bridgehead atoms. The molecule has 0 fully saturated rings. The lowest BCUT2D eigenvalue weighted by Gasteiger charge is -2.15. The zero-order valence-electron chi connectivity index (χ0n) is 12.3.